The molecule has 0 saturated heterocycles. The molecule has 29 heavy (non-hydrogen) atoms. The van der Waals surface area contributed by atoms with Gasteiger partial charge in [0.1, 0.15) is 0 Å². The van der Waals surface area contributed by atoms with Crippen LogP contribution in [-0.2, 0) is 19.1 Å². The Morgan fingerprint density at radius 3 is 1.21 bits per heavy atom. The second kappa shape index (κ2) is 18.9. The van der Waals surface area contributed by atoms with Crippen molar-refractivity contribution in [1.82, 2.24) is 0 Å². The van der Waals surface area contributed by atoms with Crippen LogP contribution in [0.2, 0.25) is 0 Å². The van der Waals surface area contributed by atoms with E-state index in [2.05, 4.69) is 13.8 Å². The predicted octanol–water partition coefficient (Wildman–Crippen LogP) is 4.55. The fourth-order valence-corrected chi connectivity index (χ4v) is 3.12. The maximum atomic E-state index is 12.3. The molecular formula is C23H44O6. The molecule has 0 fully saturated rings. The third-order valence-corrected chi connectivity index (χ3v) is 5.28. The summed E-state index contributed by atoms with van der Waals surface area (Å²) in [6.45, 7) is 3.06. The third-order valence-electron chi connectivity index (χ3n) is 5.28. The summed E-state index contributed by atoms with van der Waals surface area (Å²) in [7, 11) is 0. The van der Waals surface area contributed by atoms with Crippen molar-refractivity contribution < 1.29 is 29.3 Å². The molecule has 2 N–H and O–H groups in total. The first kappa shape index (κ1) is 27.9. The first-order valence-corrected chi connectivity index (χ1v) is 11.6. The van der Waals surface area contributed by atoms with Gasteiger partial charge in [-0.25, -0.2) is 0 Å². The second-order valence-corrected chi connectivity index (χ2v) is 7.91. The molecule has 0 radical (unpaired) electrons. The molecule has 6 heteroatoms. The van der Waals surface area contributed by atoms with Crippen LogP contribution in [0.5, 0.6) is 0 Å². The monoisotopic (exact) mass is 416 g/mol. The van der Waals surface area contributed by atoms with Crippen LogP contribution >= 0.6 is 0 Å². The van der Waals surface area contributed by atoms with Gasteiger partial charge < -0.3 is 19.7 Å². The zero-order valence-corrected chi connectivity index (χ0v) is 18.8. The minimum absolute atomic E-state index is 0.180. The Bertz CT molecular complexity index is 372. The van der Waals surface area contributed by atoms with Crippen molar-refractivity contribution in [3.8, 4) is 0 Å². The molecule has 0 spiro atoms. The fraction of sp³-hybridized carbons (Fsp3) is 0.913. The number of ether oxygens (including phenoxy) is 2. The van der Waals surface area contributed by atoms with Crippen molar-refractivity contribution in [2.45, 2.75) is 104 Å². The molecule has 0 saturated carbocycles. The van der Waals surface area contributed by atoms with Crippen LogP contribution in [0, 0.1) is 5.41 Å². The van der Waals surface area contributed by atoms with E-state index in [1.807, 2.05) is 0 Å². The highest BCUT2D eigenvalue weighted by atomic mass is 16.6. The van der Waals surface area contributed by atoms with E-state index < -0.39 is 30.6 Å². The molecule has 0 aromatic heterocycles. The van der Waals surface area contributed by atoms with Crippen LogP contribution in [-0.4, -0.2) is 48.6 Å². The summed E-state index contributed by atoms with van der Waals surface area (Å²) < 4.78 is 10.3. The number of rotatable bonds is 20. The molecule has 6 nitrogen and oxygen atoms in total. The van der Waals surface area contributed by atoms with Crippen LogP contribution in [0.3, 0.4) is 0 Å². The van der Waals surface area contributed by atoms with Crippen LogP contribution in [0.25, 0.3) is 0 Å². The number of hydrogen-bond acceptors (Lipinski definition) is 6. The Morgan fingerprint density at radius 1 is 0.586 bits per heavy atom. The van der Waals surface area contributed by atoms with Crippen molar-refractivity contribution in [1.29, 1.82) is 0 Å². The molecule has 0 rings (SSSR count). The van der Waals surface area contributed by atoms with E-state index in [1.54, 1.807) is 0 Å². The van der Waals surface area contributed by atoms with E-state index >= 15 is 0 Å². The maximum Gasteiger partial charge on any atom is 0.328 e. The average Bonchev–Trinajstić information content (AvgIpc) is 2.73. The Morgan fingerprint density at radius 2 is 0.897 bits per heavy atom. The fourth-order valence-electron chi connectivity index (χ4n) is 3.12. The molecule has 0 aliphatic rings. The highest BCUT2D eigenvalue weighted by Crippen LogP contribution is 2.21. The zero-order valence-electron chi connectivity index (χ0n) is 18.8. The molecule has 0 atom stereocenters. The van der Waals surface area contributed by atoms with Gasteiger partial charge in [-0.1, -0.05) is 90.9 Å². The summed E-state index contributed by atoms with van der Waals surface area (Å²) in [4.78, 5) is 24.7. The lowest BCUT2D eigenvalue weighted by Gasteiger charge is -2.25. The quantitative estimate of drug-likeness (QED) is 0.172. The van der Waals surface area contributed by atoms with Crippen LogP contribution < -0.4 is 0 Å². The number of unbranched alkanes of at least 4 members (excludes halogenated alkanes) is 12. The first-order chi connectivity index (χ1) is 14.1. The Kier molecular flexibility index (Phi) is 18.1. The summed E-state index contributed by atoms with van der Waals surface area (Å²) in [5.74, 6) is -1.81. The lowest BCUT2D eigenvalue weighted by atomic mass is 9.90. The number of carbonyl (C=O) groups excluding carboxylic acids is 2. The zero-order chi connectivity index (χ0) is 21.8. The van der Waals surface area contributed by atoms with Crippen molar-refractivity contribution in [3.63, 3.8) is 0 Å². The highest BCUT2D eigenvalue weighted by Gasteiger charge is 2.48. The Labute approximate surface area is 177 Å². The van der Waals surface area contributed by atoms with Gasteiger partial charge in [-0.15, -0.1) is 0 Å². The highest BCUT2D eigenvalue weighted by molar-refractivity contribution is 6.00. The van der Waals surface area contributed by atoms with Crippen LogP contribution in [0.1, 0.15) is 104 Å². The van der Waals surface area contributed by atoms with Crippen molar-refractivity contribution in [3.05, 3.63) is 0 Å². The van der Waals surface area contributed by atoms with Gasteiger partial charge in [-0.3, -0.25) is 9.59 Å². The molecule has 0 aliphatic heterocycles. The lowest BCUT2D eigenvalue weighted by molar-refractivity contribution is -0.179. The van der Waals surface area contributed by atoms with E-state index in [-0.39, 0.29) is 13.2 Å². The van der Waals surface area contributed by atoms with E-state index in [0.717, 1.165) is 25.7 Å². The topological polar surface area (TPSA) is 93.1 Å². The molecule has 0 amide bonds. The van der Waals surface area contributed by atoms with Gasteiger partial charge in [0.25, 0.3) is 0 Å². The number of aliphatic hydroxyl groups is 2. The summed E-state index contributed by atoms with van der Waals surface area (Å²) in [5.41, 5.74) is -2.03. The Balaban J connectivity index is 4.14. The van der Waals surface area contributed by atoms with Crippen LogP contribution in [0.4, 0.5) is 0 Å². The molecule has 0 heterocycles. The van der Waals surface area contributed by atoms with E-state index in [1.165, 1.54) is 51.4 Å². The normalized spacial score (nSPS) is 11.4. The van der Waals surface area contributed by atoms with E-state index in [4.69, 9.17) is 9.47 Å². The van der Waals surface area contributed by atoms with Crippen LogP contribution in [0.15, 0.2) is 0 Å². The molecule has 0 aromatic rings. The summed E-state index contributed by atoms with van der Waals surface area (Å²) >= 11 is 0. The smallest absolute Gasteiger partial charge is 0.328 e. The molecule has 0 bridgehead atoms. The van der Waals surface area contributed by atoms with Gasteiger partial charge in [-0.05, 0) is 12.8 Å². The first-order valence-electron chi connectivity index (χ1n) is 11.6. The minimum Gasteiger partial charge on any atom is -0.465 e. The van der Waals surface area contributed by atoms with Gasteiger partial charge in [0.2, 0.25) is 5.41 Å². The number of hydrogen-bond donors (Lipinski definition) is 2. The molecule has 0 aliphatic carbocycles. The minimum atomic E-state index is -2.03. The number of esters is 2. The SMILES string of the molecule is CCCCCCCCCOC(=O)C(CO)(CO)C(=O)OCCCCCCCCC. The molecular weight excluding hydrogens is 372 g/mol. The van der Waals surface area contributed by atoms with Gasteiger partial charge in [0.05, 0.1) is 26.4 Å². The molecule has 172 valence electrons. The second-order valence-electron chi connectivity index (χ2n) is 7.91. The summed E-state index contributed by atoms with van der Waals surface area (Å²) in [6.07, 6.45) is 15.2. The predicted molar refractivity (Wildman–Crippen MR) is 115 cm³/mol. The number of aliphatic hydroxyl groups excluding tert-OH is 2. The van der Waals surface area contributed by atoms with E-state index in [0.29, 0.717) is 12.8 Å². The average molecular weight is 417 g/mol. The van der Waals surface area contributed by atoms with Crippen molar-refractivity contribution in [2.75, 3.05) is 26.4 Å². The van der Waals surface area contributed by atoms with Gasteiger partial charge in [0, 0.05) is 0 Å². The largest absolute Gasteiger partial charge is 0.465 e. The van der Waals surface area contributed by atoms with Crippen molar-refractivity contribution >= 4 is 11.9 Å². The summed E-state index contributed by atoms with van der Waals surface area (Å²) in [6, 6.07) is 0. The standard InChI is InChI=1S/C23H44O6/c1-3-5-7-9-11-13-15-17-28-21(26)23(19-24,20-25)22(27)29-18-16-14-12-10-8-6-4-2/h24-25H,3-20H2,1-2H3. The third kappa shape index (κ3) is 12.2. The maximum absolute atomic E-state index is 12.3. The van der Waals surface area contributed by atoms with E-state index in [9.17, 15) is 19.8 Å². The lowest BCUT2D eigenvalue weighted by Crippen LogP contribution is -2.48. The van der Waals surface area contributed by atoms with Gasteiger partial charge in [-0.2, -0.15) is 0 Å². The molecule has 0 aromatic carbocycles. The van der Waals surface area contributed by atoms with Gasteiger partial charge >= 0.3 is 11.9 Å². The van der Waals surface area contributed by atoms with Crippen molar-refractivity contribution in [2.24, 2.45) is 5.41 Å². The summed E-state index contributed by atoms with van der Waals surface area (Å²) in [5, 5.41) is 19.2. The number of carbonyl (C=O) groups is 2. The van der Waals surface area contributed by atoms with Gasteiger partial charge in [0.15, 0.2) is 0 Å². The molecule has 0 unspecified atom stereocenters. The Hall–Kier alpha value is -1.14.